The van der Waals surface area contributed by atoms with Crippen LogP contribution in [0.4, 0.5) is 4.79 Å². The SMILES string of the molecule is CCC(CC)(CC)NC(=O)N1CC(O)CC1C(=O)O. The number of hydrogen-bond acceptors (Lipinski definition) is 3. The van der Waals surface area contributed by atoms with Crippen LogP contribution in [0.3, 0.4) is 0 Å². The molecular weight excluding hydrogens is 248 g/mol. The van der Waals surface area contributed by atoms with Gasteiger partial charge in [-0.3, -0.25) is 0 Å². The Balaban J connectivity index is 2.79. The molecule has 6 nitrogen and oxygen atoms in total. The molecule has 6 heteroatoms. The number of aliphatic carboxylic acids is 1. The Morgan fingerprint density at radius 1 is 1.26 bits per heavy atom. The summed E-state index contributed by atoms with van der Waals surface area (Å²) in [6, 6.07) is -1.33. The minimum atomic E-state index is -1.07. The summed E-state index contributed by atoms with van der Waals surface area (Å²) in [6.07, 6.45) is 1.71. The molecule has 0 bridgehead atoms. The number of aliphatic hydroxyl groups excluding tert-OH is 1. The molecule has 2 atom stereocenters. The number of amides is 2. The van der Waals surface area contributed by atoms with E-state index in [1.807, 2.05) is 20.8 Å². The molecule has 0 radical (unpaired) electrons. The third kappa shape index (κ3) is 3.37. The molecule has 3 N–H and O–H groups in total. The van der Waals surface area contributed by atoms with Gasteiger partial charge in [0.05, 0.1) is 6.10 Å². The number of nitrogens with one attached hydrogen (secondary N) is 1. The van der Waals surface area contributed by atoms with Gasteiger partial charge in [0.2, 0.25) is 0 Å². The first-order valence-corrected chi connectivity index (χ1v) is 6.88. The molecule has 110 valence electrons. The van der Waals surface area contributed by atoms with Crippen molar-refractivity contribution in [1.82, 2.24) is 10.2 Å². The normalized spacial score (nSPS) is 23.5. The summed E-state index contributed by atoms with van der Waals surface area (Å²) in [5, 5.41) is 21.6. The number of rotatable bonds is 5. The summed E-state index contributed by atoms with van der Waals surface area (Å²) >= 11 is 0. The Kier molecular flexibility index (Phi) is 5.17. The van der Waals surface area contributed by atoms with Crippen LogP contribution in [0.2, 0.25) is 0 Å². The molecule has 1 aliphatic heterocycles. The summed E-state index contributed by atoms with van der Waals surface area (Å²) < 4.78 is 0. The molecule has 1 saturated heterocycles. The van der Waals surface area contributed by atoms with E-state index in [0.717, 1.165) is 19.3 Å². The number of aliphatic hydroxyl groups is 1. The molecular formula is C13H24N2O4. The van der Waals surface area contributed by atoms with Crippen molar-refractivity contribution in [1.29, 1.82) is 0 Å². The van der Waals surface area contributed by atoms with Gasteiger partial charge in [-0.2, -0.15) is 0 Å². The standard InChI is InChI=1S/C13H24N2O4/c1-4-13(5-2,6-3)14-12(19)15-8-9(16)7-10(15)11(17)18/h9-10,16H,4-8H2,1-3H3,(H,14,19)(H,17,18). The highest BCUT2D eigenvalue weighted by Gasteiger charge is 2.40. The quantitative estimate of drug-likeness (QED) is 0.701. The van der Waals surface area contributed by atoms with Gasteiger partial charge in [0.1, 0.15) is 6.04 Å². The molecule has 0 aliphatic carbocycles. The third-order valence-corrected chi connectivity index (χ3v) is 4.23. The average molecular weight is 272 g/mol. The van der Waals surface area contributed by atoms with E-state index in [9.17, 15) is 14.7 Å². The lowest BCUT2D eigenvalue weighted by molar-refractivity contribution is -0.141. The van der Waals surface area contributed by atoms with Crippen LogP contribution < -0.4 is 5.32 Å². The first-order valence-electron chi connectivity index (χ1n) is 6.88. The molecule has 19 heavy (non-hydrogen) atoms. The van der Waals surface area contributed by atoms with Gasteiger partial charge in [-0.1, -0.05) is 20.8 Å². The second-order valence-electron chi connectivity index (χ2n) is 5.17. The van der Waals surface area contributed by atoms with E-state index < -0.39 is 24.1 Å². The maximum absolute atomic E-state index is 12.2. The van der Waals surface area contributed by atoms with Gasteiger partial charge in [0.15, 0.2) is 0 Å². The molecule has 0 aromatic rings. The first-order chi connectivity index (χ1) is 8.89. The molecule has 0 aromatic carbocycles. The van der Waals surface area contributed by atoms with Crippen molar-refractivity contribution in [3.8, 4) is 0 Å². The van der Waals surface area contributed by atoms with Crippen LogP contribution in [0.25, 0.3) is 0 Å². The van der Waals surface area contributed by atoms with Crippen molar-refractivity contribution < 1.29 is 19.8 Å². The van der Waals surface area contributed by atoms with Gasteiger partial charge in [-0.15, -0.1) is 0 Å². The number of carboxylic acids is 1. The van der Waals surface area contributed by atoms with Crippen LogP contribution in [0.5, 0.6) is 0 Å². The third-order valence-electron chi connectivity index (χ3n) is 4.23. The monoisotopic (exact) mass is 272 g/mol. The number of β-amino-alcohol motifs (C(OH)–C–C–N with tert-alkyl or cyclic N) is 1. The predicted octanol–water partition coefficient (Wildman–Crippen LogP) is 1.18. The zero-order chi connectivity index (χ0) is 14.6. The van der Waals surface area contributed by atoms with Crippen molar-refractivity contribution in [2.75, 3.05) is 6.54 Å². The molecule has 2 amide bonds. The average Bonchev–Trinajstić information content (AvgIpc) is 2.78. The largest absolute Gasteiger partial charge is 0.480 e. The minimum absolute atomic E-state index is 0.0794. The summed E-state index contributed by atoms with van der Waals surface area (Å²) in [7, 11) is 0. The van der Waals surface area contributed by atoms with Crippen molar-refractivity contribution >= 4 is 12.0 Å². The molecule has 1 aliphatic rings. The number of nitrogens with zero attached hydrogens (tertiary/aromatic N) is 1. The molecule has 0 spiro atoms. The number of urea groups is 1. The molecule has 2 unspecified atom stereocenters. The Hall–Kier alpha value is -1.30. The van der Waals surface area contributed by atoms with Crippen molar-refractivity contribution in [3.05, 3.63) is 0 Å². The number of carbonyl (C=O) groups is 2. The fourth-order valence-corrected chi connectivity index (χ4v) is 2.59. The predicted molar refractivity (Wildman–Crippen MR) is 70.9 cm³/mol. The second-order valence-corrected chi connectivity index (χ2v) is 5.17. The molecule has 1 rings (SSSR count). The zero-order valence-electron chi connectivity index (χ0n) is 11.8. The van der Waals surface area contributed by atoms with Crippen LogP contribution in [0, 0.1) is 0 Å². The van der Waals surface area contributed by atoms with Gasteiger partial charge >= 0.3 is 12.0 Å². The van der Waals surface area contributed by atoms with Gasteiger partial charge in [0.25, 0.3) is 0 Å². The lowest BCUT2D eigenvalue weighted by atomic mass is 9.90. The van der Waals surface area contributed by atoms with E-state index >= 15 is 0 Å². The topological polar surface area (TPSA) is 89.9 Å². The van der Waals surface area contributed by atoms with Crippen LogP contribution in [-0.4, -0.2) is 51.3 Å². The van der Waals surface area contributed by atoms with Crippen molar-refractivity contribution in [2.24, 2.45) is 0 Å². The molecule has 0 aromatic heterocycles. The molecule has 0 saturated carbocycles. The van der Waals surface area contributed by atoms with Gasteiger partial charge in [0, 0.05) is 18.5 Å². The number of hydrogen-bond donors (Lipinski definition) is 3. The number of carbonyl (C=O) groups excluding carboxylic acids is 1. The van der Waals surface area contributed by atoms with Crippen LogP contribution in [0.1, 0.15) is 46.5 Å². The zero-order valence-corrected chi connectivity index (χ0v) is 11.8. The summed E-state index contributed by atoms with van der Waals surface area (Å²) in [5.74, 6) is -1.07. The smallest absolute Gasteiger partial charge is 0.326 e. The molecule has 1 heterocycles. The van der Waals surface area contributed by atoms with Crippen molar-refractivity contribution in [3.63, 3.8) is 0 Å². The lowest BCUT2D eigenvalue weighted by Gasteiger charge is -2.34. The Morgan fingerprint density at radius 3 is 2.21 bits per heavy atom. The van der Waals surface area contributed by atoms with Crippen LogP contribution in [0.15, 0.2) is 0 Å². The maximum Gasteiger partial charge on any atom is 0.326 e. The second kappa shape index (κ2) is 6.23. The minimum Gasteiger partial charge on any atom is -0.480 e. The van der Waals surface area contributed by atoms with Gasteiger partial charge in [-0.25, -0.2) is 9.59 Å². The maximum atomic E-state index is 12.2. The van der Waals surface area contributed by atoms with Crippen LogP contribution >= 0.6 is 0 Å². The number of likely N-dealkylation sites (tertiary alicyclic amines) is 1. The van der Waals surface area contributed by atoms with Gasteiger partial charge in [-0.05, 0) is 19.3 Å². The Morgan fingerprint density at radius 2 is 1.79 bits per heavy atom. The van der Waals surface area contributed by atoms with E-state index in [0.29, 0.717) is 0 Å². The van der Waals surface area contributed by atoms with Crippen molar-refractivity contribution in [2.45, 2.75) is 64.1 Å². The Bertz CT molecular complexity index is 333. The highest BCUT2D eigenvalue weighted by atomic mass is 16.4. The first kappa shape index (κ1) is 15.8. The summed E-state index contributed by atoms with van der Waals surface area (Å²) in [6.45, 7) is 6.08. The van der Waals surface area contributed by atoms with Crippen LogP contribution in [-0.2, 0) is 4.79 Å². The van der Waals surface area contributed by atoms with E-state index in [2.05, 4.69) is 5.32 Å². The fourth-order valence-electron chi connectivity index (χ4n) is 2.59. The highest BCUT2D eigenvalue weighted by molar-refractivity contribution is 5.83. The van der Waals surface area contributed by atoms with E-state index in [4.69, 9.17) is 5.11 Å². The fraction of sp³-hybridized carbons (Fsp3) is 0.846. The Labute approximate surface area is 113 Å². The highest BCUT2D eigenvalue weighted by Crippen LogP contribution is 2.23. The van der Waals surface area contributed by atoms with Gasteiger partial charge < -0.3 is 20.4 Å². The summed E-state index contributed by atoms with van der Waals surface area (Å²) in [5.41, 5.74) is -0.298. The number of carboxylic acid groups (broad SMARTS) is 1. The lowest BCUT2D eigenvalue weighted by Crippen LogP contribution is -2.54. The molecule has 1 fully saturated rings. The van der Waals surface area contributed by atoms with E-state index in [-0.39, 0.29) is 18.5 Å². The van der Waals surface area contributed by atoms with E-state index in [1.165, 1.54) is 4.90 Å². The summed E-state index contributed by atoms with van der Waals surface area (Å²) in [4.78, 5) is 24.6. The van der Waals surface area contributed by atoms with E-state index in [1.54, 1.807) is 0 Å².